The molecule has 3 amide bonds. The minimum atomic E-state index is -0.437. The number of nitrogens with zero attached hydrogens (tertiary/aromatic N) is 2. The monoisotopic (exact) mass is 269 g/mol. The number of carbonyl (C=O) groups excluding carboxylic acids is 3. The second-order valence-corrected chi connectivity index (χ2v) is 4.48. The van der Waals surface area contributed by atoms with E-state index in [1.54, 1.807) is 30.5 Å². The number of benzene rings is 1. The van der Waals surface area contributed by atoms with Gasteiger partial charge in [0.1, 0.15) is 6.29 Å². The van der Waals surface area contributed by atoms with Crippen molar-refractivity contribution in [2.75, 3.05) is 11.4 Å². The summed E-state index contributed by atoms with van der Waals surface area (Å²) in [5, 5.41) is 3.05. The number of carbonyl (C=O) groups is 3. The summed E-state index contributed by atoms with van der Waals surface area (Å²) in [6.07, 6.45) is 2.60. The second-order valence-electron chi connectivity index (χ2n) is 4.48. The molecule has 0 saturated carbocycles. The Labute approximate surface area is 114 Å². The molecule has 20 heavy (non-hydrogen) atoms. The molecule has 1 aromatic carbocycles. The van der Waals surface area contributed by atoms with Gasteiger partial charge in [0.25, 0.3) is 0 Å². The zero-order valence-corrected chi connectivity index (χ0v) is 10.5. The van der Waals surface area contributed by atoms with E-state index in [0.717, 1.165) is 11.7 Å². The first-order valence-electron chi connectivity index (χ1n) is 6.14. The van der Waals surface area contributed by atoms with Crippen LogP contribution in [0.15, 0.2) is 30.5 Å². The minimum absolute atomic E-state index is 0.266. The van der Waals surface area contributed by atoms with Crippen LogP contribution in [0.1, 0.15) is 16.8 Å². The smallest absolute Gasteiger partial charge is 0.298 e. The summed E-state index contributed by atoms with van der Waals surface area (Å²) in [6, 6.07) is 6.38. The highest BCUT2D eigenvalue weighted by atomic mass is 16.2. The first-order valence-corrected chi connectivity index (χ1v) is 6.14. The van der Waals surface area contributed by atoms with Gasteiger partial charge in [-0.25, -0.2) is 4.79 Å². The van der Waals surface area contributed by atoms with E-state index in [2.05, 4.69) is 10.3 Å². The van der Waals surface area contributed by atoms with Crippen molar-refractivity contribution >= 4 is 34.8 Å². The Morgan fingerprint density at radius 1 is 1.25 bits per heavy atom. The van der Waals surface area contributed by atoms with Gasteiger partial charge in [-0.1, -0.05) is 6.07 Å². The number of hydrogen-bond donors (Lipinski definition) is 1. The van der Waals surface area contributed by atoms with Crippen LogP contribution < -0.4 is 10.2 Å². The molecule has 6 heteroatoms. The second kappa shape index (κ2) is 4.73. The summed E-state index contributed by atoms with van der Waals surface area (Å²) >= 11 is 0. The predicted octanol–water partition coefficient (Wildman–Crippen LogP) is 1.49. The van der Waals surface area contributed by atoms with Crippen molar-refractivity contribution in [3.63, 3.8) is 0 Å². The molecule has 3 rings (SSSR count). The van der Waals surface area contributed by atoms with Gasteiger partial charge in [-0.15, -0.1) is 0 Å². The molecule has 1 aliphatic heterocycles. The van der Waals surface area contributed by atoms with Gasteiger partial charge < -0.3 is 0 Å². The Kier molecular flexibility index (Phi) is 2.90. The molecule has 1 aromatic heterocycles. The van der Waals surface area contributed by atoms with Crippen LogP contribution in [-0.4, -0.2) is 29.8 Å². The lowest BCUT2D eigenvalue weighted by Crippen LogP contribution is -2.49. The standard InChI is InChI=1S/C14H11N3O3/c18-8-9-1-2-10-11(7-9)15-5-3-12(10)17-6-4-13(19)16-14(17)20/h1-3,5,7-8H,4,6H2,(H,16,19,20). The first-order chi connectivity index (χ1) is 9.69. The Hall–Kier alpha value is -2.76. The summed E-state index contributed by atoms with van der Waals surface area (Å²) in [6.45, 7) is 0.333. The van der Waals surface area contributed by atoms with E-state index in [4.69, 9.17) is 0 Å². The molecule has 100 valence electrons. The van der Waals surface area contributed by atoms with E-state index in [9.17, 15) is 14.4 Å². The van der Waals surface area contributed by atoms with Crippen LogP contribution in [0.3, 0.4) is 0 Å². The van der Waals surface area contributed by atoms with Crippen molar-refractivity contribution in [3.8, 4) is 0 Å². The zero-order chi connectivity index (χ0) is 14.1. The molecule has 2 aromatic rings. The molecule has 1 N–H and O–H groups in total. The maximum atomic E-state index is 11.9. The Balaban J connectivity index is 2.09. The number of aldehydes is 1. The van der Waals surface area contributed by atoms with Crippen LogP contribution in [0.4, 0.5) is 10.5 Å². The molecule has 2 heterocycles. The molecule has 0 spiro atoms. The van der Waals surface area contributed by atoms with E-state index in [0.29, 0.717) is 23.3 Å². The number of pyridine rings is 1. The number of imide groups is 1. The van der Waals surface area contributed by atoms with Gasteiger partial charge in [-0.05, 0) is 18.2 Å². The number of nitrogens with one attached hydrogen (secondary N) is 1. The van der Waals surface area contributed by atoms with Gasteiger partial charge in [-0.2, -0.15) is 0 Å². The highest BCUT2D eigenvalue weighted by Gasteiger charge is 2.25. The lowest BCUT2D eigenvalue weighted by Gasteiger charge is -2.27. The molecule has 0 unspecified atom stereocenters. The molecular formula is C14H11N3O3. The average molecular weight is 269 g/mol. The first kappa shape index (κ1) is 12.3. The van der Waals surface area contributed by atoms with Crippen LogP contribution in [-0.2, 0) is 4.79 Å². The summed E-state index contributed by atoms with van der Waals surface area (Å²) < 4.78 is 0. The number of amides is 3. The Morgan fingerprint density at radius 2 is 2.10 bits per heavy atom. The fourth-order valence-electron chi connectivity index (χ4n) is 2.25. The third-order valence-corrected chi connectivity index (χ3v) is 3.22. The molecule has 1 aliphatic rings. The fraction of sp³-hybridized carbons (Fsp3) is 0.143. The van der Waals surface area contributed by atoms with Gasteiger partial charge in [0.2, 0.25) is 5.91 Å². The van der Waals surface area contributed by atoms with Crippen LogP contribution in [0.25, 0.3) is 10.9 Å². The third kappa shape index (κ3) is 2.01. The molecule has 1 fully saturated rings. The normalized spacial score (nSPS) is 15.3. The van der Waals surface area contributed by atoms with E-state index >= 15 is 0 Å². The molecule has 0 aliphatic carbocycles. The number of rotatable bonds is 2. The van der Waals surface area contributed by atoms with E-state index in [1.165, 1.54) is 4.90 Å². The minimum Gasteiger partial charge on any atom is -0.298 e. The fourth-order valence-corrected chi connectivity index (χ4v) is 2.25. The maximum absolute atomic E-state index is 11.9. The number of urea groups is 1. The van der Waals surface area contributed by atoms with Crippen molar-refractivity contribution in [1.82, 2.24) is 10.3 Å². The highest BCUT2D eigenvalue weighted by Crippen LogP contribution is 2.27. The topological polar surface area (TPSA) is 79.4 Å². The van der Waals surface area contributed by atoms with Gasteiger partial charge in [-0.3, -0.25) is 24.8 Å². The van der Waals surface area contributed by atoms with Crippen molar-refractivity contribution in [2.24, 2.45) is 0 Å². The molecule has 6 nitrogen and oxygen atoms in total. The van der Waals surface area contributed by atoms with Gasteiger partial charge in [0.05, 0.1) is 11.2 Å². The number of anilines is 1. The highest BCUT2D eigenvalue weighted by molar-refractivity contribution is 6.09. The Morgan fingerprint density at radius 3 is 2.85 bits per heavy atom. The molecule has 0 atom stereocenters. The van der Waals surface area contributed by atoms with Gasteiger partial charge >= 0.3 is 6.03 Å². The van der Waals surface area contributed by atoms with Crippen LogP contribution in [0, 0.1) is 0 Å². The van der Waals surface area contributed by atoms with Crippen molar-refractivity contribution in [1.29, 1.82) is 0 Å². The van der Waals surface area contributed by atoms with E-state index in [-0.39, 0.29) is 12.3 Å². The largest absolute Gasteiger partial charge is 0.328 e. The summed E-state index contributed by atoms with van der Waals surface area (Å²) in [4.78, 5) is 39.6. The van der Waals surface area contributed by atoms with E-state index < -0.39 is 6.03 Å². The van der Waals surface area contributed by atoms with Crippen LogP contribution in [0.5, 0.6) is 0 Å². The number of fused-ring (bicyclic) bond motifs is 1. The van der Waals surface area contributed by atoms with Crippen molar-refractivity contribution in [2.45, 2.75) is 6.42 Å². The summed E-state index contributed by atoms with van der Waals surface area (Å²) in [5.41, 5.74) is 1.84. The molecule has 0 radical (unpaired) electrons. The number of hydrogen-bond acceptors (Lipinski definition) is 4. The third-order valence-electron chi connectivity index (χ3n) is 3.22. The Bertz CT molecular complexity index is 727. The maximum Gasteiger partial charge on any atom is 0.328 e. The lowest BCUT2D eigenvalue weighted by atomic mass is 10.1. The summed E-state index contributed by atoms with van der Waals surface area (Å²) in [5.74, 6) is -0.271. The molecule has 0 bridgehead atoms. The van der Waals surface area contributed by atoms with Gasteiger partial charge in [0, 0.05) is 30.1 Å². The molecular weight excluding hydrogens is 258 g/mol. The summed E-state index contributed by atoms with van der Waals surface area (Å²) in [7, 11) is 0. The predicted molar refractivity (Wildman–Crippen MR) is 72.6 cm³/mol. The number of aromatic nitrogens is 1. The van der Waals surface area contributed by atoms with Crippen LogP contribution in [0.2, 0.25) is 0 Å². The SMILES string of the molecule is O=Cc1ccc2c(N3CCC(=O)NC3=O)ccnc2c1. The lowest BCUT2D eigenvalue weighted by molar-refractivity contribution is -0.120. The van der Waals surface area contributed by atoms with Crippen LogP contribution >= 0.6 is 0 Å². The zero-order valence-electron chi connectivity index (χ0n) is 10.5. The molecule has 1 saturated heterocycles. The van der Waals surface area contributed by atoms with Gasteiger partial charge in [0.15, 0.2) is 0 Å². The average Bonchev–Trinajstić information content (AvgIpc) is 2.46. The van der Waals surface area contributed by atoms with Crippen molar-refractivity contribution < 1.29 is 14.4 Å². The van der Waals surface area contributed by atoms with E-state index in [1.807, 2.05) is 0 Å². The van der Waals surface area contributed by atoms with Crippen molar-refractivity contribution in [3.05, 3.63) is 36.0 Å². The quantitative estimate of drug-likeness (QED) is 0.838.